The van der Waals surface area contributed by atoms with Crippen LogP contribution in [-0.2, 0) is 0 Å². The number of carbonyl (C=O) groups is 1. The molecule has 0 aliphatic rings. The van der Waals surface area contributed by atoms with Crippen molar-refractivity contribution in [3.63, 3.8) is 0 Å². The lowest BCUT2D eigenvalue weighted by Crippen LogP contribution is -1.92. The van der Waals surface area contributed by atoms with E-state index in [2.05, 4.69) is 15.9 Å². The van der Waals surface area contributed by atoms with Crippen LogP contribution in [0.15, 0.2) is 39.2 Å². The molecule has 0 amide bonds. The predicted octanol–water partition coefficient (Wildman–Crippen LogP) is 4.31. The molecule has 1 aromatic carbocycles. The van der Waals surface area contributed by atoms with Gasteiger partial charge in [-0.15, -0.1) is 0 Å². The fourth-order valence-corrected chi connectivity index (χ4v) is 2.04. The van der Waals surface area contributed by atoms with Gasteiger partial charge in [0.15, 0.2) is 11.5 Å². The number of ketones is 1. The number of carbonyl (C=O) groups excluding carboxylic acids is 1. The molecule has 2 aromatic rings. The molecule has 1 aromatic heterocycles. The molecule has 0 saturated heterocycles. The van der Waals surface area contributed by atoms with Gasteiger partial charge in [0, 0.05) is 12.0 Å². The summed E-state index contributed by atoms with van der Waals surface area (Å²) in [7, 11) is 1.61. The van der Waals surface area contributed by atoms with Crippen LogP contribution in [0.1, 0.15) is 23.9 Å². The van der Waals surface area contributed by atoms with Crippen molar-refractivity contribution in [3.05, 3.63) is 40.6 Å². The maximum absolute atomic E-state index is 11.5. The highest BCUT2D eigenvalue weighted by atomic mass is 79.9. The quantitative estimate of drug-likeness (QED) is 0.790. The maximum atomic E-state index is 11.5. The van der Waals surface area contributed by atoms with Crippen LogP contribution >= 0.6 is 15.9 Å². The third-order valence-electron chi connectivity index (χ3n) is 2.64. The van der Waals surface area contributed by atoms with Crippen LogP contribution in [0.3, 0.4) is 0 Å². The van der Waals surface area contributed by atoms with Crippen LogP contribution in [0, 0.1) is 0 Å². The summed E-state index contributed by atoms with van der Waals surface area (Å²) in [5.41, 5.74) is 0.880. The van der Waals surface area contributed by atoms with Crippen molar-refractivity contribution in [3.8, 4) is 17.1 Å². The molecule has 0 aliphatic carbocycles. The number of hydrogen-bond acceptors (Lipinski definition) is 3. The van der Waals surface area contributed by atoms with E-state index in [1.807, 2.05) is 25.1 Å². The summed E-state index contributed by atoms with van der Waals surface area (Å²) in [6.45, 7) is 1.81. The summed E-state index contributed by atoms with van der Waals surface area (Å²) in [6.07, 6.45) is 0.441. The van der Waals surface area contributed by atoms with Gasteiger partial charge in [0.05, 0.1) is 11.6 Å². The van der Waals surface area contributed by atoms with Crippen molar-refractivity contribution in [2.45, 2.75) is 13.3 Å². The fourth-order valence-electron chi connectivity index (χ4n) is 1.63. The van der Waals surface area contributed by atoms with Crippen molar-refractivity contribution in [2.75, 3.05) is 7.11 Å². The van der Waals surface area contributed by atoms with Gasteiger partial charge in [-0.3, -0.25) is 4.79 Å². The highest BCUT2D eigenvalue weighted by Gasteiger charge is 2.11. The molecule has 0 radical (unpaired) electrons. The summed E-state index contributed by atoms with van der Waals surface area (Å²) < 4.78 is 11.6. The number of methoxy groups -OCH3 is 1. The van der Waals surface area contributed by atoms with Crippen LogP contribution < -0.4 is 4.74 Å². The molecule has 0 saturated carbocycles. The molecule has 4 heteroatoms. The first-order valence-corrected chi connectivity index (χ1v) is 6.42. The van der Waals surface area contributed by atoms with Gasteiger partial charge < -0.3 is 9.15 Å². The summed E-state index contributed by atoms with van der Waals surface area (Å²) in [4.78, 5) is 11.5. The van der Waals surface area contributed by atoms with E-state index in [9.17, 15) is 4.79 Å². The second kappa shape index (κ2) is 5.40. The number of rotatable bonds is 4. The van der Waals surface area contributed by atoms with Gasteiger partial charge in [-0.25, -0.2) is 0 Å². The third kappa shape index (κ3) is 2.48. The molecule has 0 bridgehead atoms. The van der Waals surface area contributed by atoms with Crippen molar-refractivity contribution in [1.29, 1.82) is 0 Å². The number of furan rings is 1. The molecular formula is C14H13BrO3. The van der Waals surface area contributed by atoms with Gasteiger partial charge in [0.2, 0.25) is 0 Å². The summed E-state index contributed by atoms with van der Waals surface area (Å²) in [5.74, 6) is 1.80. The number of Topliss-reactive ketones (excluding diaryl/α,β-unsaturated/α-hetero) is 1. The lowest BCUT2D eigenvalue weighted by atomic mass is 10.1. The first kappa shape index (κ1) is 12.9. The Kier molecular flexibility index (Phi) is 3.87. The van der Waals surface area contributed by atoms with Gasteiger partial charge in [0.1, 0.15) is 11.5 Å². The second-order valence-electron chi connectivity index (χ2n) is 3.79. The second-order valence-corrected chi connectivity index (χ2v) is 4.64. The van der Waals surface area contributed by atoms with E-state index < -0.39 is 0 Å². The van der Waals surface area contributed by atoms with Crippen molar-refractivity contribution >= 4 is 21.7 Å². The monoisotopic (exact) mass is 308 g/mol. The topological polar surface area (TPSA) is 39.4 Å². The van der Waals surface area contributed by atoms with Gasteiger partial charge in [-0.1, -0.05) is 6.92 Å². The van der Waals surface area contributed by atoms with Crippen LogP contribution in [0.2, 0.25) is 0 Å². The largest absolute Gasteiger partial charge is 0.496 e. The minimum Gasteiger partial charge on any atom is -0.496 e. The molecule has 1 heterocycles. The zero-order valence-corrected chi connectivity index (χ0v) is 11.8. The standard InChI is InChI=1S/C14H13BrO3/c1-3-11(16)13-7-6-12(18-13)9-4-5-10(15)14(8-9)17-2/h4-8H,3H2,1-2H3. The Morgan fingerprint density at radius 3 is 2.78 bits per heavy atom. The van der Waals surface area contributed by atoms with Crippen molar-refractivity contribution in [2.24, 2.45) is 0 Å². The van der Waals surface area contributed by atoms with E-state index in [0.29, 0.717) is 17.9 Å². The zero-order valence-electron chi connectivity index (χ0n) is 10.2. The third-order valence-corrected chi connectivity index (χ3v) is 3.29. The lowest BCUT2D eigenvalue weighted by molar-refractivity contribution is 0.0962. The first-order chi connectivity index (χ1) is 8.65. The molecule has 0 aliphatic heterocycles. The van der Waals surface area contributed by atoms with E-state index in [0.717, 1.165) is 15.8 Å². The maximum Gasteiger partial charge on any atom is 0.197 e. The normalized spacial score (nSPS) is 10.4. The van der Waals surface area contributed by atoms with Crippen molar-refractivity contribution < 1.29 is 13.9 Å². The van der Waals surface area contributed by atoms with Crippen molar-refractivity contribution in [1.82, 2.24) is 0 Å². The molecule has 2 rings (SSSR count). The summed E-state index contributed by atoms with van der Waals surface area (Å²) in [5, 5.41) is 0. The average Bonchev–Trinajstić information content (AvgIpc) is 2.88. The average molecular weight is 309 g/mol. The Bertz CT molecular complexity index is 572. The van der Waals surface area contributed by atoms with Gasteiger partial charge >= 0.3 is 0 Å². The molecule has 0 atom stereocenters. The fraction of sp³-hybridized carbons (Fsp3) is 0.214. The minimum atomic E-state index is 0.00493. The van der Waals surface area contributed by atoms with E-state index in [1.54, 1.807) is 19.2 Å². The Hall–Kier alpha value is -1.55. The van der Waals surface area contributed by atoms with Crippen LogP contribution in [0.4, 0.5) is 0 Å². The number of benzene rings is 1. The SMILES string of the molecule is CCC(=O)c1ccc(-c2ccc(Br)c(OC)c2)o1. The Balaban J connectivity index is 2.37. The molecule has 18 heavy (non-hydrogen) atoms. The smallest absolute Gasteiger partial charge is 0.197 e. The minimum absolute atomic E-state index is 0.00493. The van der Waals surface area contributed by atoms with E-state index in [-0.39, 0.29) is 5.78 Å². The van der Waals surface area contributed by atoms with Crippen LogP contribution in [0.25, 0.3) is 11.3 Å². The molecule has 0 spiro atoms. The number of halogens is 1. The molecule has 0 N–H and O–H groups in total. The Morgan fingerprint density at radius 1 is 1.33 bits per heavy atom. The van der Waals surface area contributed by atoms with Crippen LogP contribution in [-0.4, -0.2) is 12.9 Å². The Labute approximate surface area is 114 Å². The van der Waals surface area contributed by atoms with Gasteiger partial charge in [-0.2, -0.15) is 0 Å². The van der Waals surface area contributed by atoms with Crippen LogP contribution in [0.5, 0.6) is 5.75 Å². The summed E-state index contributed by atoms with van der Waals surface area (Å²) in [6, 6.07) is 9.16. The highest BCUT2D eigenvalue weighted by Crippen LogP contribution is 2.31. The lowest BCUT2D eigenvalue weighted by Gasteiger charge is -2.04. The molecular weight excluding hydrogens is 296 g/mol. The van der Waals surface area contributed by atoms with E-state index in [1.165, 1.54) is 0 Å². The number of ether oxygens (including phenoxy) is 1. The molecule has 94 valence electrons. The van der Waals surface area contributed by atoms with E-state index in [4.69, 9.17) is 9.15 Å². The molecule has 0 fully saturated rings. The van der Waals surface area contributed by atoms with Gasteiger partial charge in [0.25, 0.3) is 0 Å². The van der Waals surface area contributed by atoms with Gasteiger partial charge in [-0.05, 0) is 46.3 Å². The zero-order chi connectivity index (χ0) is 13.1. The highest BCUT2D eigenvalue weighted by molar-refractivity contribution is 9.10. The Morgan fingerprint density at radius 2 is 2.11 bits per heavy atom. The predicted molar refractivity (Wildman–Crippen MR) is 73.0 cm³/mol. The molecule has 3 nitrogen and oxygen atoms in total. The first-order valence-electron chi connectivity index (χ1n) is 5.62. The number of hydrogen-bond donors (Lipinski definition) is 0. The van der Waals surface area contributed by atoms with E-state index >= 15 is 0 Å². The molecule has 0 unspecified atom stereocenters. The summed E-state index contributed by atoms with van der Waals surface area (Å²) >= 11 is 3.39.